The molecular weight excluding hydrogens is 314 g/mol. The Kier molecular flexibility index (Phi) is 4.78. The average Bonchev–Trinajstić information content (AvgIpc) is 2.96. The van der Waals surface area contributed by atoms with Crippen LogP contribution in [0.1, 0.15) is 30.4 Å². The first-order valence-corrected chi connectivity index (χ1v) is 9.70. The minimum Gasteiger partial charge on any atom is -0.393 e. The molecular formula is C17H25NO4S. The lowest BCUT2D eigenvalue weighted by molar-refractivity contribution is -0.0148. The van der Waals surface area contributed by atoms with Gasteiger partial charge in [0.2, 0.25) is 10.0 Å². The maximum Gasteiger partial charge on any atom is 0.243 e. The molecule has 3 rings (SSSR count). The molecule has 0 unspecified atom stereocenters. The number of morpholine rings is 1. The van der Waals surface area contributed by atoms with Gasteiger partial charge in [0.1, 0.15) is 0 Å². The van der Waals surface area contributed by atoms with E-state index in [1.54, 1.807) is 16.4 Å². The monoisotopic (exact) mass is 339 g/mol. The van der Waals surface area contributed by atoms with Crippen LogP contribution in [0.25, 0.3) is 0 Å². The van der Waals surface area contributed by atoms with Crippen LogP contribution in [0.3, 0.4) is 0 Å². The molecule has 1 N–H and O–H groups in total. The molecule has 6 heteroatoms. The second-order valence-electron chi connectivity index (χ2n) is 6.67. The molecule has 1 heterocycles. The molecule has 5 nitrogen and oxygen atoms in total. The molecule has 128 valence electrons. The maximum atomic E-state index is 13.1. The summed E-state index contributed by atoms with van der Waals surface area (Å²) in [6.45, 7) is 5.02. The van der Waals surface area contributed by atoms with Gasteiger partial charge in [-0.2, -0.15) is 4.31 Å². The number of rotatable bonds is 3. The molecule has 1 aromatic carbocycles. The number of hydrogen-bond acceptors (Lipinski definition) is 4. The highest BCUT2D eigenvalue weighted by molar-refractivity contribution is 7.89. The van der Waals surface area contributed by atoms with Crippen molar-refractivity contribution in [2.75, 3.05) is 19.8 Å². The van der Waals surface area contributed by atoms with Crippen molar-refractivity contribution in [1.29, 1.82) is 0 Å². The number of ether oxygens (including phenoxy) is 1. The molecule has 2 aliphatic rings. The van der Waals surface area contributed by atoms with E-state index in [-0.39, 0.29) is 12.0 Å². The zero-order chi connectivity index (χ0) is 16.6. The third kappa shape index (κ3) is 3.18. The highest BCUT2D eigenvalue weighted by Gasteiger charge is 2.42. The summed E-state index contributed by atoms with van der Waals surface area (Å²) < 4.78 is 33.3. The fraction of sp³-hybridized carbons (Fsp3) is 0.647. The SMILES string of the molecule is Cc1ccc(S(=O)(=O)N2CCOC[C@@H]2[C@@H]2CCC[C@@H]2O)cc1C. The number of aliphatic hydroxyl groups is 1. The van der Waals surface area contributed by atoms with Crippen LogP contribution in [0, 0.1) is 19.8 Å². The van der Waals surface area contributed by atoms with Crippen LogP contribution in [0.2, 0.25) is 0 Å². The van der Waals surface area contributed by atoms with Gasteiger partial charge in [0.15, 0.2) is 0 Å². The summed E-state index contributed by atoms with van der Waals surface area (Å²) in [5.41, 5.74) is 2.05. The van der Waals surface area contributed by atoms with Gasteiger partial charge in [-0.3, -0.25) is 0 Å². The Morgan fingerprint density at radius 3 is 2.65 bits per heavy atom. The van der Waals surface area contributed by atoms with Gasteiger partial charge in [-0.05, 0) is 49.9 Å². The minimum absolute atomic E-state index is 0.0309. The first-order chi connectivity index (χ1) is 10.9. The molecule has 0 spiro atoms. The zero-order valence-electron chi connectivity index (χ0n) is 13.7. The summed E-state index contributed by atoms with van der Waals surface area (Å²) in [6, 6.07) is 4.99. The zero-order valence-corrected chi connectivity index (χ0v) is 14.6. The highest BCUT2D eigenvalue weighted by atomic mass is 32.2. The van der Waals surface area contributed by atoms with Crippen molar-refractivity contribution in [3.63, 3.8) is 0 Å². The van der Waals surface area contributed by atoms with E-state index in [4.69, 9.17) is 4.74 Å². The van der Waals surface area contributed by atoms with Crippen molar-refractivity contribution < 1.29 is 18.3 Å². The second-order valence-corrected chi connectivity index (χ2v) is 8.56. The quantitative estimate of drug-likeness (QED) is 0.913. The number of aryl methyl sites for hydroxylation is 2. The molecule has 1 saturated heterocycles. The molecule has 23 heavy (non-hydrogen) atoms. The van der Waals surface area contributed by atoms with Crippen LogP contribution < -0.4 is 0 Å². The number of sulfonamides is 1. The second kappa shape index (κ2) is 6.51. The number of nitrogens with zero attached hydrogens (tertiary/aromatic N) is 1. The van der Waals surface area contributed by atoms with Crippen LogP contribution >= 0.6 is 0 Å². The third-order valence-corrected chi connectivity index (χ3v) is 7.15. The predicted octanol–water partition coefficient (Wildman–Crippen LogP) is 1.85. The summed E-state index contributed by atoms with van der Waals surface area (Å²) in [5.74, 6) is -0.0309. The van der Waals surface area contributed by atoms with Crippen molar-refractivity contribution in [3.05, 3.63) is 29.3 Å². The van der Waals surface area contributed by atoms with Crippen LogP contribution in [-0.2, 0) is 14.8 Å². The molecule has 1 aliphatic carbocycles. The summed E-state index contributed by atoms with van der Waals surface area (Å²) in [6.07, 6.45) is 2.12. The van der Waals surface area contributed by atoms with Crippen LogP contribution in [0.5, 0.6) is 0 Å². The van der Waals surface area contributed by atoms with E-state index in [0.29, 0.717) is 24.7 Å². The van der Waals surface area contributed by atoms with Crippen molar-refractivity contribution in [2.45, 2.75) is 50.2 Å². The van der Waals surface area contributed by atoms with Gasteiger partial charge in [-0.1, -0.05) is 12.5 Å². The average molecular weight is 339 g/mol. The van der Waals surface area contributed by atoms with Crippen LogP contribution in [0.4, 0.5) is 0 Å². The van der Waals surface area contributed by atoms with Gasteiger partial charge in [0.25, 0.3) is 0 Å². The molecule has 2 fully saturated rings. The Morgan fingerprint density at radius 1 is 1.22 bits per heavy atom. The number of aliphatic hydroxyl groups excluding tert-OH is 1. The van der Waals surface area contributed by atoms with Crippen molar-refractivity contribution in [3.8, 4) is 0 Å². The first kappa shape index (κ1) is 16.9. The molecule has 3 atom stereocenters. The summed E-state index contributed by atoms with van der Waals surface area (Å²) in [5, 5.41) is 10.2. The molecule has 1 saturated carbocycles. The molecule has 0 amide bonds. The van der Waals surface area contributed by atoms with E-state index in [2.05, 4.69) is 0 Å². The summed E-state index contributed by atoms with van der Waals surface area (Å²) in [4.78, 5) is 0.333. The number of hydrogen-bond donors (Lipinski definition) is 1. The molecule has 0 aromatic heterocycles. The Hall–Kier alpha value is -0.950. The van der Waals surface area contributed by atoms with E-state index in [9.17, 15) is 13.5 Å². The van der Waals surface area contributed by atoms with Crippen LogP contribution in [-0.4, -0.2) is 49.7 Å². The number of benzene rings is 1. The lowest BCUT2D eigenvalue weighted by Crippen LogP contribution is -2.53. The topological polar surface area (TPSA) is 66.8 Å². The predicted molar refractivity (Wildman–Crippen MR) is 87.8 cm³/mol. The largest absolute Gasteiger partial charge is 0.393 e. The summed E-state index contributed by atoms with van der Waals surface area (Å²) in [7, 11) is -3.57. The van der Waals surface area contributed by atoms with Gasteiger partial charge < -0.3 is 9.84 Å². The highest BCUT2D eigenvalue weighted by Crippen LogP contribution is 2.34. The Bertz CT molecular complexity index is 673. The normalized spacial score (nSPS) is 29.8. The van der Waals surface area contributed by atoms with E-state index >= 15 is 0 Å². The lowest BCUT2D eigenvalue weighted by Gasteiger charge is -2.39. The van der Waals surface area contributed by atoms with E-state index < -0.39 is 16.1 Å². The fourth-order valence-corrected chi connectivity index (χ4v) is 5.40. The van der Waals surface area contributed by atoms with E-state index in [1.807, 2.05) is 19.9 Å². The van der Waals surface area contributed by atoms with Gasteiger partial charge in [-0.15, -0.1) is 0 Å². The maximum absolute atomic E-state index is 13.1. The fourth-order valence-electron chi connectivity index (χ4n) is 3.67. The Labute approximate surface area is 138 Å². The van der Waals surface area contributed by atoms with E-state index in [1.165, 1.54) is 0 Å². The van der Waals surface area contributed by atoms with Crippen molar-refractivity contribution in [1.82, 2.24) is 4.31 Å². The molecule has 1 aliphatic heterocycles. The van der Waals surface area contributed by atoms with Gasteiger partial charge >= 0.3 is 0 Å². The standard InChI is InChI=1S/C17H25NO4S/c1-12-6-7-14(10-13(12)2)23(20,21)18-8-9-22-11-16(18)15-4-3-5-17(15)19/h6-7,10,15-17,19H,3-5,8-9,11H2,1-2H3/t15-,16+,17-/m0/s1. The molecule has 1 aromatic rings. The third-order valence-electron chi connectivity index (χ3n) is 5.23. The Morgan fingerprint density at radius 2 is 2.00 bits per heavy atom. The van der Waals surface area contributed by atoms with Crippen molar-refractivity contribution >= 4 is 10.0 Å². The molecule has 0 radical (unpaired) electrons. The van der Waals surface area contributed by atoms with Crippen LogP contribution in [0.15, 0.2) is 23.1 Å². The minimum atomic E-state index is -3.57. The summed E-state index contributed by atoms with van der Waals surface area (Å²) >= 11 is 0. The smallest absolute Gasteiger partial charge is 0.243 e. The lowest BCUT2D eigenvalue weighted by atomic mass is 9.96. The Balaban J connectivity index is 1.93. The molecule has 0 bridgehead atoms. The first-order valence-electron chi connectivity index (χ1n) is 8.26. The van der Waals surface area contributed by atoms with Gasteiger partial charge in [0.05, 0.1) is 30.3 Å². The van der Waals surface area contributed by atoms with Gasteiger partial charge in [0, 0.05) is 12.5 Å². The van der Waals surface area contributed by atoms with E-state index in [0.717, 1.165) is 30.4 Å². The van der Waals surface area contributed by atoms with Gasteiger partial charge in [-0.25, -0.2) is 8.42 Å². The van der Waals surface area contributed by atoms with Crippen molar-refractivity contribution in [2.24, 2.45) is 5.92 Å².